The lowest BCUT2D eigenvalue weighted by molar-refractivity contribution is 0.102. The van der Waals surface area contributed by atoms with Crippen molar-refractivity contribution in [3.05, 3.63) is 47.8 Å². The molecule has 122 valence electrons. The summed E-state index contributed by atoms with van der Waals surface area (Å²) in [7, 11) is 3.88. The van der Waals surface area contributed by atoms with Gasteiger partial charge in [0.05, 0.1) is 0 Å². The standard InChI is InChI=1S/C15H17F2N5O/c1-22(2)8-7-19-15-18-6-5-13(21-15)14(23)20-10-3-4-11(16)12(17)9-10/h3-6,9H,7-8H2,1-2H3,(H,20,23)(H,18,19,21). The zero-order valence-electron chi connectivity index (χ0n) is 12.8. The predicted molar refractivity (Wildman–Crippen MR) is 83.4 cm³/mol. The zero-order valence-corrected chi connectivity index (χ0v) is 12.8. The summed E-state index contributed by atoms with van der Waals surface area (Å²) in [6.07, 6.45) is 1.45. The molecular weight excluding hydrogens is 304 g/mol. The van der Waals surface area contributed by atoms with Gasteiger partial charge >= 0.3 is 0 Å². The van der Waals surface area contributed by atoms with Crippen LogP contribution in [-0.4, -0.2) is 48.0 Å². The van der Waals surface area contributed by atoms with Crippen LogP contribution in [0.25, 0.3) is 0 Å². The summed E-state index contributed by atoms with van der Waals surface area (Å²) in [5.74, 6) is -2.22. The highest BCUT2D eigenvalue weighted by atomic mass is 19.2. The Bertz CT molecular complexity index is 693. The van der Waals surface area contributed by atoms with E-state index in [1.165, 1.54) is 18.3 Å². The highest BCUT2D eigenvalue weighted by molar-refractivity contribution is 6.02. The predicted octanol–water partition coefficient (Wildman–Crippen LogP) is 1.98. The summed E-state index contributed by atoms with van der Waals surface area (Å²) in [6.45, 7) is 1.41. The molecule has 0 saturated heterocycles. The van der Waals surface area contributed by atoms with Crippen molar-refractivity contribution in [2.75, 3.05) is 37.8 Å². The molecule has 0 radical (unpaired) electrons. The molecule has 8 heteroatoms. The van der Waals surface area contributed by atoms with Crippen molar-refractivity contribution < 1.29 is 13.6 Å². The Morgan fingerprint density at radius 2 is 2.00 bits per heavy atom. The van der Waals surface area contributed by atoms with E-state index in [0.29, 0.717) is 12.5 Å². The second kappa shape index (κ2) is 7.59. The number of nitrogens with one attached hydrogen (secondary N) is 2. The molecule has 0 aliphatic heterocycles. The fraction of sp³-hybridized carbons (Fsp3) is 0.267. The minimum atomic E-state index is -1.03. The maximum absolute atomic E-state index is 13.1. The molecule has 0 bridgehead atoms. The molecule has 0 aliphatic carbocycles. The van der Waals surface area contributed by atoms with Crippen molar-refractivity contribution in [1.82, 2.24) is 14.9 Å². The fourth-order valence-electron chi connectivity index (χ4n) is 1.73. The third-order valence-electron chi connectivity index (χ3n) is 2.91. The SMILES string of the molecule is CN(C)CCNc1nccc(C(=O)Nc2ccc(F)c(F)c2)n1. The van der Waals surface area contributed by atoms with Gasteiger partial charge in [-0.25, -0.2) is 18.7 Å². The first-order chi connectivity index (χ1) is 11.0. The smallest absolute Gasteiger partial charge is 0.274 e. The lowest BCUT2D eigenvalue weighted by Gasteiger charge is -2.10. The molecule has 1 heterocycles. The maximum atomic E-state index is 13.1. The highest BCUT2D eigenvalue weighted by Crippen LogP contribution is 2.14. The third-order valence-corrected chi connectivity index (χ3v) is 2.91. The van der Waals surface area contributed by atoms with Gasteiger partial charge in [0.25, 0.3) is 5.91 Å². The average Bonchev–Trinajstić information content (AvgIpc) is 2.51. The van der Waals surface area contributed by atoms with Gasteiger partial charge in [-0.2, -0.15) is 0 Å². The molecule has 23 heavy (non-hydrogen) atoms. The van der Waals surface area contributed by atoms with Crippen LogP contribution in [0.1, 0.15) is 10.5 Å². The molecule has 2 aromatic rings. The first-order valence-corrected chi connectivity index (χ1v) is 6.94. The van der Waals surface area contributed by atoms with E-state index in [1.54, 1.807) is 0 Å². The van der Waals surface area contributed by atoms with E-state index in [4.69, 9.17) is 0 Å². The van der Waals surface area contributed by atoms with Gasteiger partial charge in [-0.15, -0.1) is 0 Å². The van der Waals surface area contributed by atoms with E-state index in [-0.39, 0.29) is 11.4 Å². The number of carbonyl (C=O) groups is 1. The van der Waals surface area contributed by atoms with Gasteiger partial charge in [-0.3, -0.25) is 4.79 Å². The number of anilines is 2. The van der Waals surface area contributed by atoms with Gasteiger partial charge in [-0.05, 0) is 32.3 Å². The summed E-state index contributed by atoms with van der Waals surface area (Å²) in [6, 6.07) is 4.56. The van der Waals surface area contributed by atoms with Crippen LogP contribution in [0.4, 0.5) is 20.4 Å². The van der Waals surface area contributed by atoms with Crippen LogP contribution in [0.5, 0.6) is 0 Å². The normalized spacial score (nSPS) is 10.7. The average molecular weight is 321 g/mol. The van der Waals surface area contributed by atoms with Crippen molar-refractivity contribution >= 4 is 17.5 Å². The van der Waals surface area contributed by atoms with Gasteiger partial charge in [0.1, 0.15) is 5.69 Å². The number of carbonyl (C=O) groups excluding carboxylic acids is 1. The Morgan fingerprint density at radius 3 is 2.70 bits per heavy atom. The Hall–Kier alpha value is -2.61. The quantitative estimate of drug-likeness (QED) is 0.851. The monoisotopic (exact) mass is 321 g/mol. The first-order valence-electron chi connectivity index (χ1n) is 6.94. The third kappa shape index (κ3) is 4.96. The minimum absolute atomic E-state index is 0.122. The summed E-state index contributed by atoms with van der Waals surface area (Å²) in [5.41, 5.74) is 0.270. The van der Waals surface area contributed by atoms with E-state index in [9.17, 15) is 13.6 Å². The van der Waals surface area contributed by atoms with E-state index < -0.39 is 17.5 Å². The zero-order chi connectivity index (χ0) is 16.8. The Morgan fingerprint density at radius 1 is 1.22 bits per heavy atom. The van der Waals surface area contributed by atoms with Crippen molar-refractivity contribution in [2.24, 2.45) is 0 Å². The molecule has 0 saturated carbocycles. The molecule has 0 unspecified atom stereocenters. The van der Waals surface area contributed by atoms with Gasteiger partial charge in [0.2, 0.25) is 5.95 Å². The van der Waals surface area contributed by atoms with Crippen LogP contribution < -0.4 is 10.6 Å². The number of nitrogens with zero attached hydrogens (tertiary/aromatic N) is 3. The first kappa shape index (κ1) is 16.8. The van der Waals surface area contributed by atoms with Crippen molar-refractivity contribution in [1.29, 1.82) is 0 Å². The molecule has 0 fully saturated rings. The summed E-state index contributed by atoms with van der Waals surface area (Å²) in [4.78, 5) is 22.2. The molecular formula is C15H17F2N5O. The molecule has 6 nitrogen and oxygen atoms in total. The second-order valence-corrected chi connectivity index (χ2v) is 5.08. The number of amides is 1. The molecule has 0 aliphatic rings. The lowest BCUT2D eigenvalue weighted by atomic mass is 10.3. The molecule has 1 aromatic carbocycles. The van der Waals surface area contributed by atoms with Gasteiger partial charge in [-0.1, -0.05) is 0 Å². The molecule has 2 N–H and O–H groups in total. The topological polar surface area (TPSA) is 70.2 Å². The number of aromatic nitrogens is 2. The summed E-state index contributed by atoms with van der Waals surface area (Å²) < 4.78 is 26.0. The van der Waals surface area contributed by atoms with Gasteiger partial charge in [0.15, 0.2) is 11.6 Å². The number of rotatable bonds is 6. The van der Waals surface area contributed by atoms with Crippen LogP contribution in [0.3, 0.4) is 0 Å². The minimum Gasteiger partial charge on any atom is -0.353 e. The van der Waals surface area contributed by atoms with Crippen molar-refractivity contribution in [3.8, 4) is 0 Å². The maximum Gasteiger partial charge on any atom is 0.274 e. The Kier molecular flexibility index (Phi) is 5.53. The highest BCUT2D eigenvalue weighted by Gasteiger charge is 2.11. The lowest BCUT2D eigenvalue weighted by Crippen LogP contribution is -2.22. The second-order valence-electron chi connectivity index (χ2n) is 5.08. The summed E-state index contributed by atoms with van der Waals surface area (Å²) in [5, 5.41) is 5.45. The fourth-order valence-corrected chi connectivity index (χ4v) is 1.73. The van der Waals surface area contributed by atoms with E-state index in [1.807, 2.05) is 19.0 Å². The van der Waals surface area contributed by atoms with Crippen LogP contribution in [0.2, 0.25) is 0 Å². The van der Waals surface area contributed by atoms with E-state index in [2.05, 4.69) is 20.6 Å². The number of halogens is 2. The molecule has 1 aromatic heterocycles. The van der Waals surface area contributed by atoms with E-state index >= 15 is 0 Å². The van der Waals surface area contributed by atoms with Crippen LogP contribution in [0, 0.1) is 11.6 Å². The van der Waals surface area contributed by atoms with Gasteiger partial charge in [0, 0.05) is 31.0 Å². The number of benzene rings is 1. The summed E-state index contributed by atoms with van der Waals surface area (Å²) >= 11 is 0. The van der Waals surface area contributed by atoms with E-state index in [0.717, 1.165) is 18.7 Å². The van der Waals surface area contributed by atoms with Crippen molar-refractivity contribution in [3.63, 3.8) is 0 Å². The molecule has 1 amide bonds. The van der Waals surface area contributed by atoms with Crippen LogP contribution >= 0.6 is 0 Å². The largest absolute Gasteiger partial charge is 0.353 e. The molecule has 0 spiro atoms. The van der Waals surface area contributed by atoms with Crippen LogP contribution in [0.15, 0.2) is 30.5 Å². The molecule has 2 rings (SSSR count). The molecule has 0 atom stereocenters. The van der Waals surface area contributed by atoms with Gasteiger partial charge < -0.3 is 15.5 Å². The van der Waals surface area contributed by atoms with Crippen LogP contribution in [-0.2, 0) is 0 Å². The van der Waals surface area contributed by atoms with Crippen molar-refractivity contribution in [2.45, 2.75) is 0 Å². The Balaban J connectivity index is 2.02. The number of likely N-dealkylation sites (N-methyl/N-ethyl adjacent to an activating group) is 1. The Labute approximate surface area is 132 Å². The number of hydrogen-bond donors (Lipinski definition) is 2. The number of hydrogen-bond acceptors (Lipinski definition) is 5.